The molecule has 16 atom stereocenters. The molecule has 24 heteroatoms. The standard InChI is InChI=1S/C54H56N6O18/c1-9-51-47-48-52(10-2,50(76-26-16-24(66)42(60(7)8)18(4)74-26)36-38(54(48,72)77-51)32-34(40(36)58-56)46(70)30-22(64)14-12-20(62)28(30)44(32)68)78-53(47,71)37-31-33(45(69)29-21(63)13-11-19(61)27(29)43(31)67)39(57-55)35(37)49(51)75-25-15-23(65)41(59(5)6)17(3)73-25/h11-14,17-18,23-26,41-42,47-50,65-72H,9-10,15-16H2,1-8H3/t17-,18-,23-,24-,25+,26+,41-,42?,47-,48-,49-,50-,51+,52+,53+,54+/m1/s1. The number of aliphatic hydroxyl groups is 4. The summed E-state index contributed by atoms with van der Waals surface area (Å²) in [4.78, 5) is 65.5. The minimum Gasteiger partial charge on any atom is -0.506 e. The van der Waals surface area contributed by atoms with Crippen molar-refractivity contribution >= 4 is 43.1 Å². The van der Waals surface area contributed by atoms with Crippen LogP contribution in [0, 0.1) is 11.8 Å². The molecule has 6 aliphatic rings. The van der Waals surface area contributed by atoms with Gasteiger partial charge in [-0.2, -0.15) is 9.58 Å². The minimum atomic E-state index is -2.99. The van der Waals surface area contributed by atoms with Crippen LogP contribution < -0.4 is 32.4 Å². The first kappa shape index (κ1) is 52.3. The molecule has 0 bridgehead atoms. The topological polar surface area (TPSA) is 365 Å². The van der Waals surface area contributed by atoms with Gasteiger partial charge in [0.1, 0.15) is 57.2 Å². The van der Waals surface area contributed by atoms with Gasteiger partial charge in [0.05, 0.1) is 81.0 Å². The number of aromatic hydroxyl groups is 4. The third-order valence-corrected chi connectivity index (χ3v) is 18.1. The highest BCUT2D eigenvalue weighted by atomic mass is 16.7. The van der Waals surface area contributed by atoms with Crippen LogP contribution in [-0.4, -0.2) is 149 Å². The first-order chi connectivity index (χ1) is 36.8. The van der Waals surface area contributed by atoms with Crippen molar-refractivity contribution in [1.29, 1.82) is 0 Å². The van der Waals surface area contributed by atoms with Crippen LogP contribution in [0.15, 0.2) is 43.4 Å². The van der Waals surface area contributed by atoms with E-state index in [0.29, 0.717) is 0 Å². The Kier molecular flexibility index (Phi) is 11.4. The van der Waals surface area contributed by atoms with Crippen LogP contribution in [0.4, 0.5) is 0 Å². The van der Waals surface area contributed by atoms with Crippen LogP contribution in [-0.2, 0) is 40.0 Å². The molecule has 8 N–H and O–H groups in total. The Bertz CT molecular complexity index is 3750. The zero-order chi connectivity index (χ0) is 56.1. The maximum atomic E-state index is 14.3. The van der Waals surface area contributed by atoms with Crippen molar-refractivity contribution in [2.45, 2.75) is 137 Å². The van der Waals surface area contributed by atoms with Gasteiger partial charge in [0.2, 0.25) is 11.6 Å². The largest absolute Gasteiger partial charge is 0.506 e. The summed E-state index contributed by atoms with van der Waals surface area (Å²) in [5.74, 6) is -13.3. The summed E-state index contributed by atoms with van der Waals surface area (Å²) in [5.41, 5.74) is 12.7. The van der Waals surface area contributed by atoms with Gasteiger partial charge in [0.15, 0.2) is 34.3 Å². The molecule has 78 heavy (non-hydrogen) atoms. The molecule has 24 nitrogen and oxygen atoms in total. The maximum absolute atomic E-state index is 14.3. The van der Waals surface area contributed by atoms with Gasteiger partial charge >= 0.3 is 10.7 Å². The van der Waals surface area contributed by atoms with E-state index >= 15 is 0 Å². The van der Waals surface area contributed by atoms with Gasteiger partial charge in [0.25, 0.3) is 0 Å². The first-order valence-electron chi connectivity index (χ1n) is 25.7. The van der Waals surface area contributed by atoms with Crippen molar-refractivity contribution in [3.8, 4) is 23.0 Å². The van der Waals surface area contributed by atoms with Crippen LogP contribution >= 0.6 is 0 Å². The Morgan fingerprint density at radius 3 is 1.14 bits per heavy atom. The zero-order valence-corrected chi connectivity index (χ0v) is 43.4. The molecule has 6 aromatic rings. The van der Waals surface area contributed by atoms with Crippen molar-refractivity contribution in [1.82, 2.24) is 9.80 Å². The van der Waals surface area contributed by atoms with E-state index in [0.717, 1.165) is 24.3 Å². The van der Waals surface area contributed by atoms with E-state index in [4.69, 9.17) is 28.4 Å². The minimum absolute atomic E-state index is 0.225. The van der Waals surface area contributed by atoms with Crippen LogP contribution in [0.25, 0.3) is 54.2 Å². The summed E-state index contributed by atoms with van der Waals surface area (Å²) in [6.45, 7) is 6.57. The number of phenolic OH excluding ortho intramolecular Hbond substituents is 4. The monoisotopic (exact) mass is 1080 g/mol. The number of nitrogens with zero attached hydrogens (tertiary/aromatic N) is 6. The van der Waals surface area contributed by atoms with E-state index in [1.807, 2.05) is 0 Å². The van der Waals surface area contributed by atoms with E-state index < -0.39 is 206 Å². The van der Waals surface area contributed by atoms with Crippen LogP contribution in [0.5, 0.6) is 23.0 Å². The summed E-state index contributed by atoms with van der Waals surface area (Å²) in [6, 6.07) is 2.39. The quantitative estimate of drug-likeness (QED) is 0.0571. The number of hydrogen-bond donors (Lipinski definition) is 8. The molecule has 2 aliphatic carbocycles. The normalized spacial score (nSPS) is 35.9. The predicted octanol–water partition coefficient (Wildman–Crippen LogP) is 0.150. The molecule has 4 aliphatic heterocycles. The summed E-state index contributed by atoms with van der Waals surface area (Å²) >= 11 is 0. The summed E-state index contributed by atoms with van der Waals surface area (Å²) in [7, 11) is 6.98. The molecule has 6 aromatic carbocycles. The van der Waals surface area contributed by atoms with E-state index in [9.17, 15) is 71.1 Å². The molecule has 4 fully saturated rings. The third-order valence-electron chi connectivity index (χ3n) is 18.1. The smallest absolute Gasteiger partial charge is 0.333 e. The van der Waals surface area contributed by atoms with Gasteiger partial charge in [0, 0.05) is 34.7 Å². The van der Waals surface area contributed by atoms with Crippen molar-refractivity contribution in [2.24, 2.45) is 11.8 Å². The number of ether oxygens (including phenoxy) is 6. The van der Waals surface area contributed by atoms with E-state index in [2.05, 4.69) is 9.58 Å². The molecule has 0 saturated carbocycles. The lowest BCUT2D eigenvalue weighted by Gasteiger charge is -2.52. The van der Waals surface area contributed by atoms with Crippen molar-refractivity contribution in [3.05, 3.63) is 109 Å². The second-order valence-electron chi connectivity index (χ2n) is 22.3. The van der Waals surface area contributed by atoms with Gasteiger partial charge < -0.3 is 90.1 Å². The van der Waals surface area contributed by atoms with Crippen LogP contribution in [0.1, 0.15) is 87.8 Å². The molecule has 0 amide bonds. The Balaban J connectivity index is 1.23. The second kappa shape index (κ2) is 17.0. The number of fused-ring (bicyclic) bond motifs is 10. The molecule has 0 aromatic heterocycles. The lowest BCUT2D eigenvalue weighted by Crippen LogP contribution is -2.60. The van der Waals surface area contributed by atoms with Gasteiger partial charge in [-0.3, -0.25) is 19.2 Å². The molecule has 4 saturated heterocycles. The van der Waals surface area contributed by atoms with E-state index in [1.54, 1.807) is 65.7 Å². The Morgan fingerprint density at radius 2 is 0.872 bits per heavy atom. The number of phenols is 4. The summed E-state index contributed by atoms with van der Waals surface area (Å²) < 4.78 is 41.5. The fraction of sp³-hybridized carbons (Fsp3) is 0.519. The van der Waals surface area contributed by atoms with E-state index in [-0.39, 0.29) is 36.8 Å². The number of rotatable bonds is 8. The average molecular weight is 1080 g/mol. The number of hydrogen-bond acceptors (Lipinski definition) is 20. The zero-order valence-electron chi connectivity index (χ0n) is 43.4. The fourth-order valence-electron chi connectivity index (χ4n) is 15.5. The highest BCUT2D eigenvalue weighted by Gasteiger charge is 2.87. The van der Waals surface area contributed by atoms with Crippen LogP contribution in [0.3, 0.4) is 0 Å². The number of aliphatic hydroxyl groups excluding tert-OH is 2. The number of likely N-dealkylation sites (N-methyl/N-ethyl adjacent to an activating group) is 2. The van der Waals surface area contributed by atoms with Gasteiger partial charge in [-0.15, -0.1) is 0 Å². The number of benzene rings is 4. The van der Waals surface area contributed by atoms with Gasteiger partial charge in [-0.25, -0.2) is 0 Å². The Hall–Kier alpha value is -6.44. The van der Waals surface area contributed by atoms with E-state index in [1.165, 1.54) is 0 Å². The molecule has 4 heterocycles. The van der Waals surface area contributed by atoms with Crippen molar-refractivity contribution in [2.75, 3.05) is 28.2 Å². The third kappa shape index (κ3) is 6.20. The lowest BCUT2D eigenvalue weighted by atomic mass is 9.57. The molecule has 0 radical (unpaired) electrons. The highest BCUT2D eigenvalue weighted by molar-refractivity contribution is 6.14. The Morgan fingerprint density at radius 1 is 0.564 bits per heavy atom. The van der Waals surface area contributed by atoms with Crippen molar-refractivity contribution < 1.29 is 78.9 Å². The molecule has 12 rings (SSSR count). The van der Waals surface area contributed by atoms with Gasteiger partial charge in [-0.1, -0.05) is 13.8 Å². The van der Waals surface area contributed by atoms with Crippen LogP contribution in [0.2, 0.25) is 0 Å². The predicted molar refractivity (Wildman–Crippen MR) is 268 cm³/mol. The molecular formula is C54H56N6O18. The SMILES string of the molecule is CC[C@@]12O[C@@]3(O)c4c(c(=[N+]=[N-])c5c(O)c6c(=O)ccc(=O)c6c(O)c45)[C@@H](O[C@H]4C[C@@H](O)[C@H](N(C)C)[C@@H](C)O4)[C@@]4(CC)O[C@@](O)(c5c(c(=[N+]=[N-])c6c(O)c7c(=O)ccc(=O)c7c(O)c56)[C@H]1O[C@H]1C[C@@H](O)C(N(C)C)[C@@H](C)O1)[C@@H]2[C@H]43. The summed E-state index contributed by atoms with van der Waals surface area (Å²) in [5, 5.41) is 95.5. The van der Waals surface area contributed by atoms with Crippen molar-refractivity contribution in [3.63, 3.8) is 0 Å². The molecule has 0 spiro atoms. The molecular weight excluding hydrogens is 1020 g/mol. The second-order valence-corrected chi connectivity index (χ2v) is 22.3. The Labute approximate surface area is 440 Å². The average Bonchev–Trinajstić information content (AvgIpc) is 1.58. The first-order valence-corrected chi connectivity index (χ1v) is 25.7. The molecule has 410 valence electrons. The fourth-order valence-corrected chi connectivity index (χ4v) is 15.5. The highest BCUT2D eigenvalue weighted by Crippen LogP contribution is 2.78. The maximum Gasteiger partial charge on any atom is 0.333 e. The van der Waals surface area contributed by atoms with Gasteiger partial charge in [-0.05, 0) is 79.1 Å². The molecule has 1 unspecified atom stereocenters. The lowest BCUT2D eigenvalue weighted by molar-refractivity contribution is -0.377. The summed E-state index contributed by atoms with van der Waals surface area (Å²) in [6.07, 6.45) is -11.2.